The SMILES string of the molecule is CCSc1ccccc1NC(=O)CCCN(C)S(=O)(=O)c1ccccc1. The minimum Gasteiger partial charge on any atom is -0.325 e. The molecule has 0 unspecified atom stereocenters. The third-order valence-electron chi connectivity index (χ3n) is 3.79. The van der Waals surface area contributed by atoms with Crippen LogP contribution in [0.25, 0.3) is 0 Å². The molecule has 0 aliphatic heterocycles. The highest BCUT2D eigenvalue weighted by molar-refractivity contribution is 7.99. The zero-order valence-corrected chi connectivity index (χ0v) is 16.6. The van der Waals surface area contributed by atoms with Gasteiger partial charge in [0.25, 0.3) is 0 Å². The van der Waals surface area contributed by atoms with E-state index in [4.69, 9.17) is 0 Å². The van der Waals surface area contributed by atoms with Crippen molar-refractivity contribution in [3.63, 3.8) is 0 Å². The largest absolute Gasteiger partial charge is 0.325 e. The van der Waals surface area contributed by atoms with Crippen molar-refractivity contribution < 1.29 is 13.2 Å². The number of nitrogens with one attached hydrogen (secondary N) is 1. The van der Waals surface area contributed by atoms with Crippen LogP contribution in [0.3, 0.4) is 0 Å². The Kier molecular flexibility index (Phi) is 7.68. The summed E-state index contributed by atoms with van der Waals surface area (Å²) in [5.74, 6) is 0.814. The molecular weight excluding hydrogens is 368 g/mol. The molecule has 140 valence electrons. The summed E-state index contributed by atoms with van der Waals surface area (Å²) in [6, 6.07) is 16.0. The molecule has 2 aromatic rings. The number of benzene rings is 2. The standard InChI is InChI=1S/C19H24N2O3S2/c1-3-25-18-13-8-7-12-17(18)20-19(22)14-9-15-21(2)26(23,24)16-10-5-4-6-11-16/h4-8,10-13H,3,9,14-15H2,1-2H3,(H,20,22). The fraction of sp³-hybridized carbons (Fsp3) is 0.316. The van der Waals surface area contributed by atoms with E-state index in [9.17, 15) is 13.2 Å². The lowest BCUT2D eigenvalue weighted by atomic mass is 10.2. The van der Waals surface area contributed by atoms with Gasteiger partial charge >= 0.3 is 0 Å². The molecule has 5 nitrogen and oxygen atoms in total. The molecule has 0 saturated carbocycles. The number of amides is 1. The molecule has 0 saturated heterocycles. The zero-order chi connectivity index (χ0) is 19.0. The molecule has 0 atom stereocenters. The van der Waals surface area contributed by atoms with Crippen LogP contribution < -0.4 is 5.32 Å². The van der Waals surface area contributed by atoms with Crippen molar-refractivity contribution in [2.24, 2.45) is 0 Å². The van der Waals surface area contributed by atoms with Gasteiger partial charge in [-0.15, -0.1) is 11.8 Å². The minimum absolute atomic E-state index is 0.111. The quantitative estimate of drug-likeness (QED) is 0.659. The number of thioether (sulfide) groups is 1. The molecular formula is C19H24N2O3S2. The third kappa shape index (κ3) is 5.59. The first kappa shape index (κ1) is 20.5. The van der Waals surface area contributed by atoms with Crippen LogP contribution in [0.2, 0.25) is 0 Å². The van der Waals surface area contributed by atoms with Crippen molar-refractivity contribution >= 4 is 33.4 Å². The van der Waals surface area contributed by atoms with Crippen molar-refractivity contribution in [3.8, 4) is 0 Å². The second-order valence-electron chi connectivity index (χ2n) is 5.72. The van der Waals surface area contributed by atoms with Gasteiger partial charge in [-0.2, -0.15) is 0 Å². The van der Waals surface area contributed by atoms with Gasteiger partial charge in [0.2, 0.25) is 15.9 Å². The number of sulfonamides is 1. The molecule has 0 fully saturated rings. The predicted molar refractivity (Wildman–Crippen MR) is 107 cm³/mol. The molecule has 0 radical (unpaired) electrons. The molecule has 1 N–H and O–H groups in total. The van der Waals surface area contributed by atoms with Gasteiger partial charge < -0.3 is 5.32 Å². The van der Waals surface area contributed by atoms with Gasteiger partial charge in [0.1, 0.15) is 0 Å². The Bertz CT molecular complexity index is 824. The Morgan fingerprint density at radius 1 is 1.08 bits per heavy atom. The molecule has 0 heterocycles. The Morgan fingerprint density at radius 3 is 2.42 bits per heavy atom. The van der Waals surface area contributed by atoms with E-state index in [1.807, 2.05) is 24.3 Å². The highest BCUT2D eigenvalue weighted by atomic mass is 32.2. The van der Waals surface area contributed by atoms with E-state index in [-0.39, 0.29) is 23.8 Å². The van der Waals surface area contributed by atoms with E-state index >= 15 is 0 Å². The summed E-state index contributed by atoms with van der Waals surface area (Å²) in [6.45, 7) is 2.35. The lowest BCUT2D eigenvalue weighted by molar-refractivity contribution is -0.116. The lowest BCUT2D eigenvalue weighted by Crippen LogP contribution is -2.28. The average molecular weight is 393 g/mol. The number of hydrogen-bond acceptors (Lipinski definition) is 4. The number of anilines is 1. The van der Waals surface area contributed by atoms with Crippen LogP contribution in [-0.4, -0.2) is 38.0 Å². The monoisotopic (exact) mass is 392 g/mol. The number of carbonyl (C=O) groups is 1. The van der Waals surface area contributed by atoms with E-state index in [0.29, 0.717) is 6.42 Å². The van der Waals surface area contributed by atoms with Crippen molar-refractivity contribution in [1.82, 2.24) is 4.31 Å². The summed E-state index contributed by atoms with van der Waals surface area (Å²) >= 11 is 1.67. The van der Waals surface area contributed by atoms with E-state index in [1.165, 1.54) is 11.4 Å². The van der Waals surface area contributed by atoms with Crippen LogP contribution in [0.15, 0.2) is 64.4 Å². The van der Waals surface area contributed by atoms with Gasteiger partial charge in [-0.3, -0.25) is 4.79 Å². The van der Waals surface area contributed by atoms with E-state index in [0.717, 1.165) is 16.3 Å². The second kappa shape index (κ2) is 9.75. The van der Waals surface area contributed by atoms with Gasteiger partial charge in [-0.05, 0) is 36.4 Å². The molecule has 0 aromatic heterocycles. The predicted octanol–water partition coefficient (Wildman–Crippen LogP) is 3.84. The molecule has 2 aromatic carbocycles. The van der Waals surface area contributed by atoms with Crippen LogP contribution in [0.4, 0.5) is 5.69 Å². The van der Waals surface area contributed by atoms with Crippen LogP contribution in [0.1, 0.15) is 19.8 Å². The maximum atomic E-state index is 12.4. The molecule has 26 heavy (non-hydrogen) atoms. The van der Waals surface area contributed by atoms with E-state index in [1.54, 1.807) is 42.1 Å². The molecule has 0 bridgehead atoms. The zero-order valence-electron chi connectivity index (χ0n) is 15.0. The molecule has 2 rings (SSSR count). The first-order valence-electron chi connectivity index (χ1n) is 8.48. The smallest absolute Gasteiger partial charge is 0.242 e. The van der Waals surface area contributed by atoms with E-state index < -0.39 is 10.0 Å². The lowest BCUT2D eigenvalue weighted by Gasteiger charge is -2.17. The number of carbonyl (C=O) groups excluding carboxylic acids is 1. The summed E-state index contributed by atoms with van der Waals surface area (Å²) in [7, 11) is -1.98. The van der Waals surface area contributed by atoms with Crippen LogP contribution in [0.5, 0.6) is 0 Å². The normalized spacial score (nSPS) is 11.5. The Balaban J connectivity index is 1.87. The molecule has 0 aliphatic rings. The van der Waals surface area contributed by atoms with Gasteiger partial charge in [-0.25, -0.2) is 12.7 Å². The molecule has 1 amide bonds. The number of para-hydroxylation sites is 1. The van der Waals surface area contributed by atoms with Crippen LogP contribution in [0, 0.1) is 0 Å². The number of nitrogens with zero attached hydrogens (tertiary/aromatic N) is 1. The number of hydrogen-bond donors (Lipinski definition) is 1. The van der Waals surface area contributed by atoms with Crippen LogP contribution >= 0.6 is 11.8 Å². The third-order valence-corrected chi connectivity index (χ3v) is 6.62. The summed E-state index contributed by atoms with van der Waals surface area (Å²) in [6.07, 6.45) is 0.720. The first-order valence-corrected chi connectivity index (χ1v) is 10.9. The van der Waals surface area contributed by atoms with Crippen molar-refractivity contribution in [3.05, 3.63) is 54.6 Å². The van der Waals surface area contributed by atoms with Gasteiger partial charge in [0.05, 0.1) is 10.6 Å². The van der Waals surface area contributed by atoms with Gasteiger partial charge in [0, 0.05) is 24.9 Å². The number of rotatable bonds is 9. The van der Waals surface area contributed by atoms with E-state index in [2.05, 4.69) is 12.2 Å². The van der Waals surface area contributed by atoms with Crippen molar-refractivity contribution in [1.29, 1.82) is 0 Å². The summed E-state index contributed by atoms with van der Waals surface area (Å²) in [5.41, 5.74) is 0.801. The van der Waals surface area contributed by atoms with Gasteiger partial charge in [-0.1, -0.05) is 37.3 Å². The maximum absolute atomic E-state index is 12.4. The Labute approximate surface area is 159 Å². The fourth-order valence-electron chi connectivity index (χ4n) is 2.42. The Hall–Kier alpha value is -1.83. The molecule has 7 heteroatoms. The highest BCUT2D eigenvalue weighted by Gasteiger charge is 2.20. The summed E-state index contributed by atoms with van der Waals surface area (Å²) < 4.78 is 26.2. The van der Waals surface area contributed by atoms with Crippen LogP contribution in [-0.2, 0) is 14.8 Å². The first-order chi connectivity index (χ1) is 12.4. The Morgan fingerprint density at radius 2 is 1.73 bits per heavy atom. The summed E-state index contributed by atoms with van der Waals surface area (Å²) in [4.78, 5) is 13.5. The fourth-order valence-corrected chi connectivity index (χ4v) is 4.41. The average Bonchev–Trinajstić information content (AvgIpc) is 2.64. The summed E-state index contributed by atoms with van der Waals surface area (Å²) in [5, 5.41) is 2.91. The molecule has 0 spiro atoms. The van der Waals surface area contributed by atoms with Crippen molar-refractivity contribution in [2.75, 3.05) is 24.7 Å². The minimum atomic E-state index is -3.51. The molecule has 0 aliphatic carbocycles. The topological polar surface area (TPSA) is 66.5 Å². The second-order valence-corrected chi connectivity index (χ2v) is 9.07. The highest BCUT2D eigenvalue weighted by Crippen LogP contribution is 2.26. The van der Waals surface area contributed by atoms with Crippen molar-refractivity contribution in [2.45, 2.75) is 29.6 Å². The van der Waals surface area contributed by atoms with Gasteiger partial charge in [0.15, 0.2) is 0 Å². The maximum Gasteiger partial charge on any atom is 0.242 e.